The predicted molar refractivity (Wildman–Crippen MR) is 114 cm³/mol. The lowest BCUT2D eigenvalue weighted by Gasteiger charge is -2.56. The van der Waals surface area contributed by atoms with Gasteiger partial charge >= 0.3 is 0 Å². The first-order valence-electron chi connectivity index (χ1n) is 10.9. The van der Waals surface area contributed by atoms with E-state index in [1.807, 2.05) is 6.07 Å². The van der Waals surface area contributed by atoms with Gasteiger partial charge in [-0.1, -0.05) is 45.8 Å². The maximum atomic E-state index is 11.8. The van der Waals surface area contributed by atoms with Crippen LogP contribution in [0.2, 0.25) is 0 Å². The van der Waals surface area contributed by atoms with Crippen LogP contribution in [-0.4, -0.2) is 17.2 Å². The molecule has 2 aliphatic carbocycles. The minimum atomic E-state index is -0.846. The molecule has 0 radical (unpaired) electrons. The number of allylic oxidation sites excluding steroid dienone is 1. The number of aromatic hydroxyl groups is 1. The van der Waals surface area contributed by atoms with Gasteiger partial charge < -0.3 is 14.6 Å². The highest BCUT2D eigenvalue weighted by Crippen LogP contribution is 2.61. The number of ether oxygens (including phenoxy) is 2. The van der Waals surface area contributed by atoms with E-state index in [0.717, 1.165) is 6.42 Å². The van der Waals surface area contributed by atoms with Crippen LogP contribution < -0.4 is 9.47 Å². The summed E-state index contributed by atoms with van der Waals surface area (Å²) in [5.74, 6) is 1.08. The van der Waals surface area contributed by atoms with E-state index in [4.69, 9.17) is 9.47 Å². The molecule has 0 bridgehead atoms. The average Bonchev–Trinajstić information content (AvgIpc) is 2.91. The van der Waals surface area contributed by atoms with Crippen molar-refractivity contribution >= 4 is 12.4 Å². The van der Waals surface area contributed by atoms with Crippen LogP contribution in [0.3, 0.4) is 0 Å². The van der Waals surface area contributed by atoms with Crippen molar-refractivity contribution in [2.75, 3.05) is 0 Å². The topological polar surface area (TPSA) is 55.8 Å². The fourth-order valence-corrected chi connectivity index (χ4v) is 6.39. The molecular weight excluding hydrogens is 364 g/mol. The summed E-state index contributed by atoms with van der Waals surface area (Å²) >= 11 is 0. The minimum Gasteiger partial charge on any atom is -0.506 e. The van der Waals surface area contributed by atoms with Crippen LogP contribution in [0, 0.1) is 22.7 Å². The number of rotatable bonds is 2. The van der Waals surface area contributed by atoms with Crippen molar-refractivity contribution in [1.29, 1.82) is 0 Å². The highest BCUT2D eigenvalue weighted by molar-refractivity contribution is 5.89. The first-order valence-corrected chi connectivity index (χ1v) is 10.9. The Morgan fingerprint density at radius 2 is 1.83 bits per heavy atom. The first kappa shape index (κ1) is 20.3. The normalized spacial score (nSPS) is 33.4. The molecule has 2 unspecified atom stereocenters. The van der Waals surface area contributed by atoms with Gasteiger partial charge in [0.05, 0.1) is 0 Å². The van der Waals surface area contributed by atoms with E-state index in [2.05, 4.69) is 33.8 Å². The fraction of sp³-hybridized carbons (Fsp3) is 0.640. The SMILES string of the molecule is CC1CC[C@H]2C(C)(C)CCCC2(C)/C1=C/c1cc2c(c(C=O)c1O)OC(C)(C)O2. The van der Waals surface area contributed by atoms with Crippen molar-refractivity contribution in [1.82, 2.24) is 0 Å². The second kappa shape index (κ2) is 6.52. The monoisotopic (exact) mass is 398 g/mol. The molecule has 0 aromatic heterocycles. The fourth-order valence-electron chi connectivity index (χ4n) is 6.39. The smallest absolute Gasteiger partial charge is 0.246 e. The molecule has 1 heterocycles. The standard InChI is InChI=1S/C25H34O4/c1-15-8-9-20-23(2,3)10-7-11-25(20,6)18(15)12-16-13-19-22(17(14-26)21(16)27)29-24(4,5)28-19/h12-15,20,27H,7-11H2,1-6H3/b18-12+/t15?,20-,25?/m0/s1. The van der Waals surface area contributed by atoms with E-state index in [9.17, 15) is 9.90 Å². The molecule has 3 atom stereocenters. The van der Waals surface area contributed by atoms with Crippen molar-refractivity contribution in [2.24, 2.45) is 22.7 Å². The third kappa shape index (κ3) is 3.15. The van der Waals surface area contributed by atoms with E-state index < -0.39 is 5.79 Å². The Bertz CT molecular complexity index is 879. The molecule has 2 fully saturated rings. The molecular formula is C25H34O4. The van der Waals surface area contributed by atoms with Crippen molar-refractivity contribution in [3.8, 4) is 17.2 Å². The summed E-state index contributed by atoms with van der Waals surface area (Å²) in [4.78, 5) is 11.8. The Labute approximate surface area is 174 Å². The van der Waals surface area contributed by atoms with Gasteiger partial charge in [0.1, 0.15) is 11.3 Å². The van der Waals surface area contributed by atoms with Crippen LogP contribution in [0.5, 0.6) is 17.2 Å². The Balaban J connectivity index is 1.84. The maximum absolute atomic E-state index is 11.8. The minimum absolute atomic E-state index is 0.0134. The van der Waals surface area contributed by atoms with E-state index in [0.29, 0.717) is 40.6 Å². The lowest BCUT2D eigenvalue weighted by Crippen LogP contribution is -2.47. The maximum Gasteiger partial charge on any atom is 0.246 e. The van der Waals surface area contributed by atoms with Crippen molar-refractivity contribution in [2.45, 2.75) is 79.4 Å². The Kier molecular flexibility index (Phi) is 4.56. The molecule has 1 aromatic rings. The Morgan fingerprint density at radius 3 is 2.52 bits per heavy atom. The van der Waals surface area contributed by atoms with Gasteiger partial charge in [0.25, 0.3) is 0 Å². The number of phenols is 1. The van der Waals surface area contributed by atoms with E-state index in [-0.39, 0.29) is 16.7 Å². The van der Waals surface area contributed by atoms with Gasteiger partial charge in [0.15, 0.2) is 17.8 Å². The molecule has 2 saturated carbocycles. The summed E-state index contributed by atoms with van der Waals surface area (Å²) in [6.45, 7) is 13.1. The predicted octanol–water partition coefficient (Wildman–Crippen LogP) is 6.36. The molecule has 158 valence electrons. The van der Waals surface area contributed by atoms with Gasteiger partial charge in [-0.05, 0) is 54.4 Å². The van der Waals surface area contributed by atoms with Gasteiger partial charge in [-0.3, -0.25) is 4.79 Å². The Morgan fingerprint density at radius 1 is 1.10 bits per heavy atom. The van der Waals surface area contributed by atoms with E-state index in [1.165, 1.54) is 31.3 Å². The molecule has 1 aromatic carbocycles. The molecule has 3 aliphatic rings. The second-order valence-electron chi connectivity index (χ2n) is 10.7. The van der Waals surface area contributed by atoms with Crippen LogP contribution in [-0.2, 0) is 0 Å². The molecule has 0 spiro atoms. The van der Waals surface area contributed by atoms with Crippen LogP contribution in [0.25, 0.3) is 6.08 Å². The number of hydrogen-bond acceptors (Lipinski definition) is 4. The van der Waals surface area contributed by atoms with E-state index >= 15 is 0 Å². The molecule has 4 nitrogen and oxygen atoms in total. The van der Waals surface area contributed by atoms with Crippen LogP contribution in [0.1, 0.15) is 89.6 Å². The number of hydrogen-bond donors (Lipinski definition) is 1. The number of phenolic OH excluding ortho intramolecular Hbond substituents is 1. The first-order chi connectivity index (χ1) is 13.5. The zero-order valence-corrected chi connectivity index (χ0v) is 18.6. The van der Waals surface area contributed by atoms with Crippen LogP contribution in [0.4, 0.5) is 0 Å². The lowest BCUT2D eigenvalue weighted by atomic mass is 9.48. The van der Waals surface area contributed by atoms with Gasteiger partial charge in [-0.2, -0.15) is 0 Å². The number of fused-ring (bicyclic) bond motifs is 2. The molecule has 4 heteroatoms. The molecule has 1 N–H and O–H groups in total. The summed E-state index contributed by atoms with van der Waals surface area (Å²) in [6, 6.07) is 1.83. The van der Waals surface area contributed by atoms with Gasteiger partial charge in [0, 0.05) is 19.4 Å². The van der Waals surface area contributed by atoms with Crippen molar-refractivity contribution in [3.05, 3.63) is 22.8 Å². The lowest BCUT2D eigenvalue weighted by molar-refractivity contribution is -0.0433. The molecule has 0 saturated heterocycles. The molecule has 29 heavy (non-hydrogen) atoms. The molecule has 4 rings (SSSR count). The Hall–Kier alpha value is -1.97. The molecule has 0 amide bonds. The number of benzene rings is 1. The highest BCUT2D eigenvalue weighted by Gasteiger charge is 2.51. The summed E-state index contributed by atoms with van der Waals surface area (Å²) in [5.41, 5.74) is 2.66. The second-order valence-corrected chi connectivity index (χ2v) is 10.7. The quantitative estimate of drug-likeness (QED) is 0.589. The third-order valence-corrected chi connectivity index (χ3v) is 7.72. The van der Waals surface area contributed by atoms with E-state index in [1.54, 1.807) is 13.8 Å². The summed E-state index contributed by atoms with van der Waals surface area (Å²) in [7, 11) is 0. The van der Waals surface area contributed by atoms with Crippen LogP contribution in [0.15, 0.2) is 11.6 Å². The van der Waals surface area contributed by atoms with Gasteiger partial charge in [-0.15, -0.1) is 0 Å². The zero-order valence-electron chi connectivity index (χ0n) is 18.6. The van der Waals surface area contributed by atoms with Gasteiger partial charge in [-0.25, -0.2) is 0 Å². The number of carbonyl (C=O) groups excluding carboxylic acids is 1. The largest absolute Gasteiger partial charge is 0.506 e. The number of carbonyl (C=O) groups is 1. The highest BCUT2D eigenvalue weighted by atomic mass is 16.7. The summed E-state index contributed by atoms with van der Waals surface area (Å²) in [6.07, 6.45) is 8.89. The third-order valence-electron chi connectivity index (χ3n) is 7.72. The summed E-state index contributed by atoms with van der Waals surface area (Å²) < 4.78 is 11.7. The average molecular weight is 399 g/mol. The van der Waals surface area contributed by atoms with Crippen molar-refractivity contribution < 1.29 is 19.4 Å². The van der Waals surface area contributed by atoms with Gasteiger partial charge in [0.2, 0.25) is 5.79 Å². The van der Waals surface area contributed by atoms with Crippen molar-refractivity contribution in [3.63, 3.8) is 0 Å². The number of aldehydes is 1. The summed E-state index contributed by atoms with van der Waals surface area (Å²) in [5, 5.41) is 10.9. The molecule has 1 aliphatic heterocycles. The van der Waals surface area contributed by atoms with Crippen LogP contribution >= 0.6 is 0 Å². The zero-order chi connectivity index (χ0) is 21.2.